The lowest BCUT2D eigenvalue weighted by molar-refractivity contribution is 0.251. The summed E-state index contributed by atoms with van der Waals surface area (Å²) in [5.41, 5.74) is 7.72. The van der Waals surface area contributed by atoms with Gasteiger partial charge in [0.2, 0.25) is 0 Å². The third-order valence-electron chi connectivity index (χ3n) is 5.48. The molecule has 1 heterocycles. The van der Waals surface area contributed by atoms with E-state index < -0.39 is 0 Å². The van der Waals surface area contributed by atoms with Crippen LogP contribution in [0.5, 0.6) is 5.75 Å². The van der Waals surface area contributed by atoms with Crippen LogP contribution in [-0.2, 0) is 0 Å². The summed E-state index contributed by atoms with van der Waals surface area (Å²) < 4.78 is 5.84. The summed E-state index contributed by atoms with van der Waals surface area (Å²) in [5, 5.41) is 3.20. The fourth-order valence-electron chi connectivity index (χ4n) is 3.83. The molecule has 1 saturated heterocycles. The minimum Gasteiger partial charge on any atom is -0.494 e. The van der Waals surface area contributed by atoms with Gasteiger partial charge in [0, 0.05) is 43.6 Å². The number of ether oxygens (including phenoxy) is 1. The second-order valence-corrected chi connectivity index (χ2v) is 8.24. The maximum atomic E-state index is 5.84. The zero-order chi connectivity index (χ0) is 21.0. The standard InChI is InChI=1S/C24H34N4OS/c25-24(30)26-21-10-9-13-23(20-21)29-19-8-3-1-2-7-14-27-15-17-28(18-16-27)22-11-5-4-6-12-22/h4-6,9-13,20H,1-3,7-8,14-19H2,(H3,25,26,30). The highest BCUT2D eigenvalue weighted by Crippen LogP contribution is 2.18. The molecule has 162 valence electrons. The van der Waals surface area contributed by atoms with E-state index in [1.807, 2.05) is 24.3 Å². The van der Waals surface area contributed by atoms with Crippen molar-refractivity contribution in [2.75, 3.05) is 49.5 Å². The highest BCUT2D eigenvalue weighted by molar-refractivity contribution is 7.80. The van der Waals surface area contributed by atoms with E-state index in [1.165, 1.54) is 51.0 Å². The topological polar surface area (TPSA) is 53.8 Å². The van der Waals surface area contributed by atoms with Gasteiger partial charge in [-0.05, 0) is 55.9 Å². The van der Waals surface area contributed by atoms with Gasteiger partial charge in [-0.1, -0.05) is 43.5 Å². The van der Waals surface area contributed by atoms with Crippen LogP contribution in [0.1, 0.15) is 32.1 Å². The van der Waals surface area contributed by atoms with Crippen LogP contribution >= 0.6 is 12.2 Å². The number of thiocarbonyl (C=S) groups is 1. The molecule has 6 heteroatoms. The van der Waals surface area contributed by atoms with Crippen molar-refractivity contribution in [1.82, 2.24) is 4.90 Å². The van der Waals surface area contributed by atoms with Crippen molar-refractivity contribution >= 4 is 28.7 Å². The van der Waals surface area contributed by atoms with E-state index in [0.717, 1.165) is 37.6 Å². The molecule has 0 atom stereocenters. The van der Waals surface area contributed by atoms with Gasteiger partial charge in [-0.2, -0.15) is 0 Å². The number of nitrogens with zero attached hydrogens (tertiary/aromatic N) is 2. The summed E-state index contributed by atoms with van der Waals surface area (Å²) in [6.07, 6.45) is 6.16. The Morgan fingerprint density at radius 1 is 0.900 bits per heavy atom. The quantitative estimate of drug-likeness (QED) is 0.408. The van der Waals surface area contributed by atoms with Gasteiger partial charge < -0.3 is 20.7 Å². The highest BCUT2D eigenvalue weighted by Gasteiger charge is 2.16. The first-order valence-corrected chi connectivity index (χ1v) is 11.4. The van der Waals surface area contributed by atoms with Crippen molar-refractivity contribution in [3.05, 3.63) is 54.6 Å². The van der Waals surface area contributed by atoms with Gasteiger partial charge in [0.1, 0.15) is 5.75 Å². The summed E-state index contributed by atoms with van der Waals surface area (Å²) >= 11 is 4.87. The molecule has 30 heavy (non-hydrogen) atoms. The van der Waals surface area contributed by atoms with Crippen molar-refractivity contribution in [3.8, 4) is 5.75 Å². The summed E-state index contributed by atoms with van der Waals surface area (Å²) in [5.74, 6) is 0.853. The van der Waals surface area contributed by atoms with Gasteiger partial charge in [0.25, 0.3) is 0 Å². The Bertz CT molecular complexity index is 763. The molecule has 1 aliphatic heterocycles. The number of nitrogens with one attached hydrogen (secondary N) is 1. The van der Waals surface area contributed by atoms with Crippen molar-refractivity contribution in [2.24, 2.45) is 5.73 Å². The molecule has 1 aliphatic rings. The first-order chi connectivity index (χ1) is 14.7. The number of benzene rings is 2. The van der Waals surface area contributed by atoms with Gasteiger partial charge in [-0.3, -0.25) is 4.90 Å². The van der Waals surface area contributed by atoms with Crippen molar-refractivity contribution in [3.63, 3.8) is 0 Å². The minimum atomic E-state index is 0.269. The molecule has 0 spiro atoms. The van der Waals surface area contributed by atoms with Gasteiger partial charge in [0.15, 0.2) is 5.11 Å². The molecule has 0 radical (unpaired) electrons. The maximum absolute atomic E-state index is 5.84. The monoisotopic (exact) mass is 426 g/mol. The Labute approximate surface area is 186 Å². The van der Waals surface area contributed by atoms with E-state index in [4.69, 9.17) is 22.7 Å². The van der Waals surface area contributed by atoms with E-state index in [0.29, 0.717) is 0 Å². The minimum absolute atomic E-state index is 0.269. The average molecular weight is 427 g/mol. The molecule has 0 amide bonds. The number of unbranched alkanes of at least 4 members (excludes halogenated alkanes) is 4. The Balaban J connectivity index is 1.19. The van der Waals surface area contributed by atoms with Crippen LogP contribution in [0.15, 0.2) is 54.6 Å². The molecule has 0 aromatic heterocycles. The van der Waals surface area contributed by atoms with Crippen LogP contribution in [0.4, 0.5) is 11.4 Å². The van der Waals surface area contributed by atoms with Crippen LogP contribution in [0.25, 0.3) is 0 Å². The van der Waals surface area contributed by atoms with E-state index in [9.17, 15) is 0 Å². The van der Waals surface area contributed by atoms with Crippen LogP contribution in [-0.4, -0.2) is 49.3 Å². The molecular formula is C24H34N4OS. The number of piperazine rings is 1. The summed E-state index contributed by atoms with van der Waals surface area (Å²) in [6, 6.07) is 18.5. The molecule has 3 N–H and O–H groups in total. The number of anilines is 2. The van der Waals surface area contributed by atoms with Crippen molar-refractivity contribution in [1.29, 1.82) is 0 Å². The molecule has 1 fully saturated rings. The smallest absolute Gasteiger partial charge is 0.168 e. The summed E-state index contributed by atoms with van der Waals surface area (Å²) in [6.45, 7) is 6.58. The van der Waals surface area contributed by atoms with E-state index in [2.05, 4.69) is 45.4 Å². The number of hydrogen-bond donors (Lipinski definition) is 2. The van der Waals surface area contributed by atoms with E-state index in [1.54, 1.807) is 0 Å². The lowest BCUT2D eigenvalue weighted by Gasteiger charge is -2.36. The fraction of sp³-hybridized carbons (Fsp3) is 0.458. The second kappa shape index (κ2) is 12.4. The molecule has 0 bridgehead atoms. The molecule has 0 aliphatic carbocycles. The molecule has 0 unspecified atom stereocenters. The number of rotatable bonds is 11. The Morgan fingerprint density at radius 2 is 1.63 bits per heavy atom. The normalized spacial score (nSPS) is 14.5. The van der Waals surface area contributed by atoms with Gasteiger partial charge in [-0.15, -0.1) is 0 Å². The first kappa shape index (κ1) is 22.4. The van der Waals surface area contributed by atoms with Gasteiger partial charge in [0.05, 0.1) is 6.61 Å². The van der Waals surface area contributed by atoms with Crippen LogP contribution in [0, 0.1) is 0 Å². The second-order valence-electron chi connectivity index (χ2n) is 7.80. The fourth-order valence-corrected chi connectivity index (χ4v) is 3.95. The zero-order valence-electron chi connectivity index (χ0n) is 17.8. The Hall–Kier alpha value is -2.31. The predicted molar refractivity (Wildman–Crippen MR) is 131 cm³/mol. The largest absolute Gasteiger partial charge is 0.494 e. The maximum Gasteiger partial charge on any atom is 0.168 e. The average Bonchev–Trinajstić information content (AvgIpc) is 2.76. The lowest BCUT2D eigenvalue weighted by atomic mass is 10.1. The number of nitrogens with two attached hydrogens (primary N) is 1. The van der Waals surface area contributed by atoms with E-state index >= 15 is 0 Å². The molecule has 5 nitrogen and oxygen atoms in total. The zero-order valence-corrected chi connectivity index (χ0v) is 18.6. The molecular weight excluding hydrogens is 392 g/mol. The first-order valence-electron chi connectivity index (χ1n) is 11.0. The van der Waals surface area contributed by atoms with E-state index in [-0.39, 0.29) is 5.11 Å². The lowest BCUT2D eigenvalue weighted by Crippen LogP contribution is -2.46. The Morgan fingerprint density at radius 3 is 2.40 bits per heavy atom. The SMILES string of the molecule is NC(=S)Nc1cccc(OCCCCCCCN2CCN(c3ccccc3)CC2)c1. The molecule has 3 rings (SSSR count). The highest BCUT2D eigenvalue weighted by atomic mass is 32.1. The summed E-state index contributed by atoms with van der Waals surface area (Å²) in [4.78, 5) is 5.10. The van der Waals surface area contributed by atoms with Crippen LogP contribution in [0.3, 0.4) is 0 Å². The molecule has 0 saturated carbocycles. The predicted octanol–water partition coefficient (Wildman–Crippen LogP) is 4.49. The third kappa shape index (κ3) is 7.84. The third-order valence-corrected chi connectivity index (χ3v) is 5.58. The van der Waals surface area contributed by atoms with Crippen LogP contribution in [0.2, 0.25) is 0 Å². The van der Waals surface area contributed by atoms with Gasteiger partial charge >= 0.3 is 0 Å². The number of hydrogen-bond acceptors (Lipinski definition) is 4. The van der Waals surface area contributed by atoms with Crippen molar-refractivity contribution in [2.45, 2.75) is 32.1 Å². The number of para-hydroxylation sites is 1. The molecule has 2 aromatic carbocycles. The van der Waals surface area contributed by atoms with Crippen molar-refractivity contribution < 1.29 is 4.74 Å². The van der Waals surface area contributed by atoms with Gasteiger partial charge in [-0.25, -0.2) is 0 Å². The summed E-state index contributed by atoms with van der Waals surface area (Å²) in [7, 11) is 0. The Kier molecular flexibility index (Phi) is 9.25. The molecule has 2 aromatic rings. The van der Waals surface area contributed by atoms with Crippen LogP contribution < -0.4 is 20.7 Å².